The van der Waals surface area contributed by atoms with Gasteiger partial charge in [-0.1, -0.05) is 26.2 Å². The Kier molecular flexibility index (Phi) is 5.04. The first kappa shape index (κ1) is 14.3. The third-order valence-corrected chi connectivity index (χ3v) is 5.52. The molecule has 2 aliphatic rings. The molecule has 0 spiro atoms. The maximum atomic E-state index is 12.1. The average Bonchev–Trinajstić information content (AvgIpc) is 3.12. The van der Waals surface area contributed by atoms with Crippen LogP contribution in [-0.2, 0) is 10.0 Å². The third-order valence-electron chi connectivity index (χ3n) is 3.99. The molecule has 1 heterocycles. The normalized spacial score (nSPS) is 27.1. The van der Waals surface area contributed by atoms with Crippen molar-refractivity contribution < 1.29 is 8.42 Å². The van der Waals surface area contributed by atoms with Gasteiger partial charge in [-0.2, -0.15) is 0 Å². The molecule has 1 saturated heterocycles. The summed E-state index contributed by atoms with van der Waals surface area (Å²) in [6.07, 6.45) is 7.78. The van der Waals surface area contributed by atoms with Crippen LogP contribution in [0.25, 0.3) is 0 Å². The topological polar surface area (TPSA) is 58.2 Å². The Hall–Kier alpha value is -0.130. The fourth-order valence-corrected chi connectivity index (χ4v) is 4.37. The Morgan fingerprint density at radius 2 is 2.06 bits per heavy atom. The Morgan fingerprint density at radius 3 is 2.61 bits per heavy atom. The lowest BCUT2D eigenvalue weighted by molar-refractivity contribution is 0.419. The molecule has 0 radical (unpaired) electrons. The third kappa shape index (κ3) is 4.86. The Balaban J connectivity index is 1.80. The summed E-state index contributed by atoms with van der Waals surface area (Å²) in [5.74, 6) is 1.01. The fourth-order valence-electron chi connectivity index (χ4n) is 2.69. The summed E-state index contributed by atoms with van der Waals surface area (Å²) in [5, 5.41) is 3.30. The van der Waals surface area contributed by atoms with Gasteiger partial charge in [-0.25, -0.2) is 13.1 Å². The summed E-state index contributed by atoms with van der Waals surface area (Å²) >= 11 is 0. The molecule has 0 aromatic carbocycles. The maximum absolute atomic E-state index is 12.1. The number of sulfonamides is 1. The zero-order valence-corrected chi connectivity index (χ0v) is 12.1. The molecule has 106 valence electrons. The van der Waals surface area contributed by atoms with Gasteiger partial charge in [-0.15, -0.1) is 0 Å². The van der Waals surface area contributed by atoms with Gasteiger partial charge in [0.15, 0.2) is 0 Å². The number of nitrogens with one attached hydrogen (secondary N) is 2. The van der Waals surface area contributed by atoms with E-state index in [1.54, 1.807) is 0 Å². The number of piperidine rings is 1. The molecule has 1 saturated carbocycles. The summed E-state index contributed by atoms with van der Waals surface area (Å²) < 4.78 is 27.1. The standard InChI is InChI=1S/C13H26N2O2S/c1-2-12(9-11-6-7-11)15-18(16,17)10-13-5-3-4-8-14-13/h11-15H,2-10H2,1H3. The van der Waals surface area contributed by atoms with E-state index in [9.17, 15) is 8.42 Å². The zero-order chi connectivity index (χ0) is 13.0. The summed E-state index contributed by atoms with van der Waals surface area (Å²) in [4.78, 5) is 0. The van der Waals surface area contributed by atoms with Gasteiger partial charge in [-0.3, -0.25) is 0 Å². The lowest BCUT2D eigenvalue weighted by Gasteiger charge is -2.24. The van der Waals surface area contributed by atoms with E-state index in [2.05, 4.69) is 17.0 Å². The van der Waals surface area contributed by atoms with E-state index in [-0.39, 0.29) is 17.8 Å². The molecule has 5 heteroatoms. The quantitative estimate of drug-likeness (QED) is 0.742. The molecule has 0 amide bonds. The first-order chi connectivity index (χ1) is 8.59. The van der Waals surface area contributed by atoms with E-state index in [1.807, 2.05) is 0 Å². The molecule has 2 rings (SSSR count). The lowest BCUT2D eigenvalue weighted by Crippen LogP contribution is -2.45. The second-order valence-corrected chi connectivity index (χ2v) is 7.63. The van der Waals surface area contributed by atoms with E-state index in [0.717, 1.165) is 38.1 Å². The van der Waals surface area contributed by atoms with E-state index in [0.29, 0.717) is 0 Å². The second-order valence-electron chi connectivity index (χ2n) is 5.83. The van der Waals surface area contributed by atoms with Crippen LogP contribution in [0.2, 0.25) is 0 Å². The van der Waals surface area contributed by atoms with Crippen LogP contribution in [0.15, 0.2) is 0 Å². The highest BCUT2D eigenvalue weighted by molar-refractivity contribution is 7.89. The van der Waals surface area contributed by atoms with Crippen molar-refractivity contribution in [2.75, 3.05) is 12.3 Å². The number of rotatable bonds is 7. The molecule has 0 bridgehead atoms. The maximum Gasteiger partial charge on any atom is 0.213 e. The lowest BCUT2D eigenvalue weighted by atomic mass is 10.1. The van der Waals surface area contributed by atoms with Crippen molar-refractivity contribution in [1.82, 2.24) is 10.0 Å². The van der Waals surface area contributed by atoms with E-state index < -0.39 is 10.0 Å². The average molecular weight is 274 g/mol. The first-order valence-electron chi connectivity index (χ1n) is 7.32. The van der Waals surface area contributed by atoms with Crippen LogP contribution in [0.5, 0.6) is 0 Å². The van der Waals surface area contributed by atoms with Gasteiger partial charge in [0.25, 0.3) is 0 Å². The predicted molar refractivity (Wildman–Crippen MR) is 74.0 cm³/mol. The van der Waals surface area contributed by atoms with Crippen LogP contribution in [0.4, 0.5) is 0 Å². The molecule has 2 atom stereocenters. The second kappa shape index (κ2) is 6.35. The van der Waals surface area contributed by atoms with Gasteiger partial charge in [0.05, 0.1) is 5.75 Å². The van der Waals surface area contributed by atoms with Gasteiger partial charge in [-0.05, 0) is 38.1 Å². The van der Waals surface area contributed by atoms with Crippen molar-refractivity contribution in [3.63, 3.8) is 0 Å². The molecule has 2 N–H and O–H groups in total. The van der Waals surface area contributed by atoms with Crippen LogP contribution in [0.3, 0.4) is 0 Å². The van der Waals surface area contributed by atoms with Crippen molar-refractivity contribution in [2.24, 2.45) is 5.92 Å². The van der Waals surface area contributed by atoms with Crippen molar-refractivity contribution in [3.8, 4) is 0 Å². The van der Waals surface area contributed by atoms with Crippen LogP contribution < -0.4 is 10.0 Å². The van der Waals surface area contributed by atoms with E-state index in [4.69, 9.17) is 0 Å². The van der Waals surface area contributed by atoms with Gasteiger partial charge < -0.3 is 5.32 Å². The monoisotopic (exact) mass is 274 g/mol. The van der Waals surface area contributed by atoms with Crippen molar-refractivity contribution in [3.05, 3.63) is 0 Å². The minimum Gasteiger partial charge on any atom is -0.313 e. The molecule has 0 aromatic heterocycles. The number of hydrogen-bond donors (Lipinski definition) is 2. The summed E-state index contributed by atoms with van der Waals surface area (Å²) in [7, 11) is -3.12. The van der Waals surface area contributed by atoms with Gasteiger partial charge in [0.2, 0.25) is 10.0 Å². The molecule has 4 nitrogen and oxygen atoms in total. The molecule has 0 aromatic rings. The molecule has 18 heavy (non-hydrogen) atoms. The molecule has 1 aliphatic heterocycles. The molecule has 1 aliphatic carbocycles. The van der Waals surface area contributed by atoms with Crippen molar-refractivity contribution >= 4 is 10.0 Å². The van der Waals surface area contributed by atoms with Crippen LogP contribution >= 0.6 is 0 Å². The fraction of sp³-hybridized carbons (Fsp3) is 1.00. The van der Waals surface area contributed by atoms with Gasteiger partial charge in [0, 0.05) is 12.1 Å². The molecule has 2 unspecified atom stereocenters. The molecule has 2 fully saturated rings. The first-order valence-corrected chi connectivity index (χ1v) is 8.97. The Labute approximate surface area is 111 Å². The Bertz CT molecular complexity index is 346. The minimum absolute atomic E-state index is 0.145. The highest BCUT2D eigenvalue weighted by atomic mass is 32.2. The SMILES string of the molecule is CCC(CC1CC1)NS(=O)(=O)CC1CCCCN1. The van der Waals surface area contributed by atoms with Crippen molar-refractivity contribution in [2.45, 2.75) is 64.0 Å². The largest absolute Gasteiger partial charge is 0.313 e. The summed E-state index contributed by atoms with van der Waals surface area (Å²) in [6.45, 7) is 3.02. The molecular formula is C13H26N2O2S. The van der Waals surface area contributed by atoms with Gasteiger partial charge >= 0.3 is 0 Å². The molecular weight excluding hydrogens is 248 g/mol. The van der Waals surface area contributed by atoms with Crippen LogP contribution in [0.1, 0.15) is 51.9 Å². The van der Waals surface area contributed by atoms with E-state index in [1.165, 1.54) is 19.3 Å². The smallest absolute Gasteiger partial charge is 0.213 e. The predicted octanol–water partition coefficient (Wildman–Crippen LogP) is 1.63. The Morgan fingerprint density at radius 1 is 1.28 bits per heavy atom. The minimum atomic E-state index is -3.12. The van der Waals surface area contributed by atoms with Crippen LogP contribution in [-0.4, -0.2) is 32.8 Å². The zero-order valence-electron chi connectivity index (χ0n) is 11.3. The van der Waals surface area contributed by atoms with Crippen LogP contribution in [0, 0.1) is 5.92 Å². The summed E-state index contributed by atoms with van der Waals surface area (Å²) in [6, 6.07) is 0.292. The highest BCUT2D eigenvalue weighted by Gasteiger charge is 2.28. The summed E-state index contributed by atoms with van der Waals surface area (Å²) in [5.41, 5.74) is 0. The number of hydrogen-bond acceptors (Lipinski definition) is 3. The van der Waals surface area contributed by atoms with Gasteiger partial charge in [0.1, 0.15) is 0 Å². The van der Waals surface area contributed by atoms with Crippen molar-refractivity contribution in [1.29, 1.82) is 0 Å². The van der Waals surface area contributed by atoms with E-state index >= 15 is 0 Å². The highest BCUT2D eigenvalue weighted by Crippen LogP contribution is 2.34.